The van der Waals surface area contributed by atoms with Gasteiger partial charge in [-0.05, 0) is 92.2 Å². The molecule has 1 saturated heterocycles. The molecule has 4 amide bonds. The van der Waals surface area contributed by atoms with E-state index in [9.17, 15) is 32.0 Å². The highest BCUT2D eigenvalue weighted by Crippen LogP contribution is 2.47. The van der Waals surface area contributed by atoms with Crippen LogP contribution in [0.15, 0.2) is 30.4 Å². The van der Waals surface area contributed by atoms with Gasteiger partial charge in [0, 0.05) is 23.8 Å². The quantitative estimate of drug-likeness (QED) is 0.310. The number of nitrogens with zero attached hydrogens (tertiary/aromatic N) is 2. The summed E-state index contributed by atoms with van der Waals surface area (Å²) in [5, 5.41) is 5.63. The van der Waals surface area contributed by atoms with Gasteiger partial charge in [0.1, 0.15) is 40.6 Å². The van der Waals surface area contributed by atoms with Gasteiger partial charge in [-0.25, -0.2) is 27.0 Å². The molecule has 1 aromatic heterocycles. The average Bonchev–Trinajstić information content (AvgIpc) is 3.97. The molecule has 3 fully saturated rings. The maximum atomic E-state index is 15.1. The molecule has 2 aromatic rings. The molecule has 0 radical (unpaired) electrons. The summed E-state index contributed by atoms with van der Waals surface area (Å²) < 4.78 is 74.4. The molecule has 3 N–H and O–H groups in total. The highest BCUT2D eigenvalue weighted by molar-refractivity contribution is 7.91. The number of halogens is 2. The molecule has 56 heavy (non-hydrogen) atoms. The molecular formula is C39H51F2N5O9S. The van der Waals surface area contributed by atoms with E-state index in [1.54, 1.807) is 41.5 Å². The summed E-state index contributed by atoms with van der Waals surface area (Å²) >= 11 is 0. The normalized spacial score (nSPS) is 27.2. The van der Waals surface area contributed by atoms with Gasteiger partial charge in [-0.1, -0.05) is 25.0 Å². The van der Waals surface area contributed by atoms with Crippen molar-refractivity contribution in [1.82, 2.24) is 25.2 Å². The Morgan fingerprint density at radius 2 is 1.84 bits per heavy atom. The van der Waals surface area contributed by atoms with Gasteiger partial charge >= 0.3 is 6.09 Å². The number of aromatic nitrogens is 1. The Hall–Kier alpha value is -4.54. The third kappa shape index (κ3) is 8.87. The average molecular weight is 804 g/mol. The molecule has 3 heterocycles. The molecule has 14 nitrogen and oxygen atoms in total. The van der Waals surface area contributed by atoms with E-state index in [4.69, 9.17) is 14.2 Å². The molecule has 0 bridgehead atoms. The number of hydrogen-bond acceptors (Lipinski definition) is 10. The fraction of sp³-hybridized carbons (Fsp3) is 0.615. The van der Waals surface area contributed by atoms with Crippen LogP contribution >= 0.6 is 0 Å². The van der Waals surface area contributed by atoms with Gasteiger partial charge in [0.2, 0.25) is 27.7 Å². The van der Waals surface area contributed by atoms with Gasteiger partial charge in [-0.2, -0.15) is 0 Å². The van der Waals surface area contributed by atoms with Gasteiger partial charge in [0.15, 0.2) is 11.6 Å². The Balaban J connectivity index is 1.35. The predicted octanol–water partition coefficient (Wildman–Crippen LogP) is 4.94. The number of pyridine rings is 1. The first-order valence-electron chi connectivity index (χ1n) is 19.2. The summed E-state index contributed by atoms with van der Waals surface area (Å²) in [4.78, 5) is 61.2. The fourth-order valence-corrected chi connectivity index (χ4v) is 8.47. The van der Waals surface area contributed by atoms with Crippen molar-refractivity contribution < 1.29 is 50.6 Å². The van der Waals surface area contributed by atoms with E-state index < -0.39 is 85.5 Å². The number of ether oxygens (including phenoxy) is 3. The molecule has 2 saturated carbocycles. The number of sulfonamides is 1. The standard InChI is InChI=1S/C39H51F2N5O9S/c1-22(2)53-30-19-29(25-14-15-26(40)31(41)32(25)43-30)54-24-18-28-33(47)44-39(35(49)45-56(51,52)38(6)16-17-38)20-23(39)12-10-8-7-9-11-13-27(34(48)46(28)21-24)42-36(50)55-37(3,4)5/h10,12,14-15,19,22-24,27-28H,7-9,11,13,16-18,20-21H2,1-6H3,(H,42,50)(H,44,47)(H,45,49)/b12-10-/t23?,24-,27+,28+,39-/m1/s1. The Kier molecular flexibility index (Phi) is 11.3. The summed E-state index contributed by atoms with van der Waals surface area (Å²) in [7, 11) is -4.04. The molecule has 6 rings (SSSR count). The number of fused-ring (bicyclic) bond motifs is 3. The highest BCUT2D eigenvalue weighted by Gasteiger charge is 2.63. The van der Waals surface area contributed by atoms with E-state index in [0.717, 1.165) is 12.5 Å². The topological polar surface area (TPSA) is 182 Å². The minimum absolute atomic E-state index is 0.0360. The molecule has 5 atom stereocenters. The maximum Gasteiger partial charge on any atom is 0.408 e. The number of amides is 4. The van der Waals surface area contributed by atoms with Crippen LogP contribution in [0.2, 0.25) is 0 Å². The number of nitrogens with one attached hydrogen (secondary N) is 3. The van der Waals surface area contributed by atoms with Gasteiger partial charge in [-0.3, -0.25) is 19.1 Å². The number of hydrogen-bond donors (Lipinski definition) is 3. The van der Waals surface area contributed by atoms with E-state index in [2.05, 4.69) is 20.3 Å². The van der Waals surface area contributed by atoms with Crippen molar-refractivity contribution in [2.75, 3.05) is 6.54 Å². The Morgan fingerprint density at radius 1 is 1.11 bits per heavy atom. The summed E-state index contributed by atoms with van der Waals surface area (Å²) in [6.07, 6.45) is 5.33. The van der Waals surface area contributed by atoms with E-state index in [1.165, 1.54) is 17.0 Å². The predicted molar refractivity (Wildman–Crippen MR) is 201 cm³/mol. The van der Waals surface area contributed by atoms with Crippen LogP contribution in [0, 0.1) is 17.6 Å². The largest absolute Gasteiger partial charge is 0.488 e. The van der Waals surface area contributed by atoms with Crippen LogP contribution in [-0.4, -0.2) is 88.8 Å². The van der Waals surface area contributed by atoms with Crippen LogP contribution in [0.5, 0.6) is 11.6 Å². The van der Waals surface area contributed by atoms with Crippen LogP contribution in [0.3, 0.4) is 0 Å². The SMILES string of the molecule is CC(C)Oc1cc(O[C@@H]2C[C@H]3C(=O)N[C@]4(C(=O)NS(=O)(=O)C5(C)CC5)CC4/C=C\CCCCC[C@H](NC(=O)OC(C)(C)C)C(=O)N3C2)c2ccc(F)c(F)c2n1. The second-order valence-corrected chi connectivity index (χ2v) is 19.0. The van der Waals surface area contributed by atoms with Gasteiger partial charge in [-0.15, -0.1) is 0 Å². The minimum Gasteiger partial charge on any atom is -0.488 e. The zero-order valence-corrected chi connectivity index (χ0v) is 33.4. The van der Waals surface area contributed by atoms with Gasteiger partial charge < -0.3 is 29.7 Å². The van der Waals surface area contributed by atoms with Crippen molar-refractivity contribution in [1.29, 1.82) is 0 Å². The Bertz CT molecular complexity index is 2030. The Labute approximate surface area is 325 Å². The lowest BCUT2D eigenvalue weighted by atomic mass is 10.0. The highest BCUT2D eigenvalue weighted by atomic mass is 32.2. The van der Waals surface area contributed by atoms with E-state index in [-0.39, 0.29) is 54.4 Å². The monoisotopic (exact) mass is 803 g/mol. The van der Waals surface area contributed by atoms with Crippen molar-refractivity contribution >= 4 is 44.7 Å². The lowest BCUT2D eigenvalue weighted by Gasteiger charge is -2.30. The second-order valence-electron chi connectivity index (χ2n) is 16.8. The Morgan fingerprint density at radius 3 is 2.52 bits per heavy atom. The molecule has 2 aliphatic heterocycles. The summed E-state index contributed by atoms with van der Waals surface area (Å²) in [5.74, 6) is -4.99. The summed E-state index contributed by atoms with van der Waals surface area (Å²) in [6.45, 7) is 9.92. The third-order valence-corrected chi connectivity index (χ3v) is 12.8. The number of carbonyl (C=O) groups is 4. The molecule has 1 unspecified atom stereocenters. The van der Waals surface area contributed by atoms with Crippen LogP contribution < -0.4 is 24.8 Å². The van der Waals surface area contributed by atoms with E-state index >= 15 is 4.39 Å². The number of carbonyl (C=O) groups excluding carboxylic acids is 4. The fourth-order valence-electron chi connectivity index (χ4n) is 7.16. The number of rotatable bonds is 8. The number of benzene rings is 1. The molecule has 2 aliphatic carbocycles. The van der Waals surface area contributed by atoms with Crippen molar-refractivity contribution in [2.45, 2.75) is 140 Å². The second kappa shape index (κ2) is 15.4. The minimum atomic E-state index is -4.04. The molecular weight excluding hydrogens is 753 g/mol. The first kappa shape index (κ1) is 41.1. The third-order valence-electron chi connectivity index (χ3n) is 10.6. The lowest BCUT2D eigenvalue weighted by Crippen LogP contribution is -2.58. The molecule has 1 aromatic carbocycles. The lowest BCUT2D eigenvalue weighted by molar-refractivity contribution is -0.141. The van der Waals surface area contributed by atoms with E-state index in [1.807, 2.05) is 12.2 Å². The molecule has 17 heteroatoms. The smallest absolute Gasteiger partial charge is 0.408 e. The maximum absolute atomic E-state index is 15.1. The first-order chi connectivity index (χ1) is 26.2. The van der Waals surface area contributed by atoms with Crippen molar-refractivity contribution in [3.05, 3.63) is 42.0 Å². The summed E-state index contributed by atoms with van der Waals surface area (Å²) in [5.41, 5.74) is -2.79. The molecule has 0 spiro atoms. The zero-order valence-electron chi connectivity index (χ0n) is 32.6. The summed E-state index contributed by atoms with van der Waals surface area (Å²) in [6, 6.07) is 1.32. The number of allylic oxidation sites excluding steroid dienone is 1. The first-order valence-corrected chi connectivity index (χ1v) is 20.7. The van der Waals surface area contributed by atoms with E-state index in [0.29, 0.717) is 32.1 Å². The number of alkyl carbamates (subject to hydrolysis) is 1. The molecule has 4 aliphatic rings. The molecule has 306 valence electrons. The van der Waals surface area contributed by atoms with Gasteiger partial charge in [0.25, 0.3) is 5.91 Å². The van der Waals surface area contributed by atoms with Crippen LogP contribution in [-0.2, 0) is 29.1 Å². The van der Waals surface area contributed by atoms with Crippen molar-refractivity contribution in [3.8, 4) is 11.6 Å². The zero-order chi connectivity index (χ0) is 40.8. The van der Waals surface area contributed by atoms with Crippen molar-refractivity contribution in [3.63, 3.8) is 0 Å². The van der Waals surface area contributed by atoms with Crippen LogP contribution in [0.1, 0.15) is 99.3 Å². The van der Waals surface area contributed by atoms with Crippen molar-refractivity contribution in [2.24, 2.45) is 5.92 Å². The van der Waals surface area contributed by atoms with Gasteiger partial charge in [0.05, 0.1) is 17.4 Å². The van der Waals surface area contributed by atoms with Crippen LogP contribution in [0.25, 0.3) is 10.9 Å². The van der Waals surface area contributed by atoms with Crippen LogP contribution in [0.4, 0.5) is 13.6 Å².